The van der Waals surface area contributed by atoms with E-state index in [1.807, 2.05) is 24.3 Å². The van der Waals surface area contributed by atoms with E-state index in [0.29, 0.717) is 18.2 Å². The average molecular weight is 294 g/mol. The number of hydrogen-bond donors (Lipinski definition) is 1. The first-order valence-corrected chi connectivity index (χ1v) is 7.42. The Morgan fingerprint density at radius 1 is 1.15 bits per heavy atom. The standard InChI is InChI=1S/C15H20ClN3O/c1-2-9-17-10-5-8-14-18-19-15(20-14)11-12-6-3-4-7-13(12)16/h3-4,6-7,17H,2,5,8-11H2,1H3. The van der Waals surface area contributed by atoms with Gasteiger partial charge < -0.3 is 9.73 Å². The van der Waals surface area contributed by atoms with Crippen LogP contribution < -0.4 is 5.32 Å². The van der Waals surface area contributed by atoms with Gasteiger partial charge in [-0.25, -0.2) is 0 Å². The lowest BCUT2D eigenvalue weighted by Crippen LogP contribution is -2.16. The first kappa shape index (κ1) is 15.0. The Balaban J connectivity index is 1.82. The van der Waals surface area contributed by atoms with E-state index in [9.17, 15) is 0 Å². The number of nitrogens with zero attached hydrogens (tertiary/aromatic N) is 2. The van der Waals surface area contributed by atoms with E-state index < -0.39 is 0 Å². The van der Waals surface area contributed by atoms with Crippen molar-refractivity contribution in [3.63, 3.8) is 0 Å². The van der Waals surface area contributed by atoms with Crippen LogP contribution in [0.4, 0.5) is 0 Å². The fourth-order valence-electron chi connectivity index (χ4n) is 1.93. The summed E-state index contributed by atoms with van der Waals surface area (Å²) < 4.78 is 5.64. The zero-order chi connectivity index (χ0) is 14.2. The minimum absolute atomic E-state index is 0.584. The highest BCUT2D eigenvalue weighted by Crippen LogP contribution is 2.18. The van der Waals surface area contributed by atoms with Gasteiger partial charge >= 0.3 is 0 Å². The SMILES string of the molecule is CCCNCCCc1nnc(Cc2ccccc2Cl)o1. The molecule has 0 bridgehead atoms. The molecule has 2 aromatic rings. The van der Waals surface area contributed by atoms with E-state index in [2.05, 4.69) is 22.4 Å². The van der Waals surface area contributed by atoms with Crippen molar-refractivity contribution in [1.29, 1.82) is 0 Å². The van der Waals surface area contributed by atoms with Crippen LogP contribution in [-0.4, -0.2) is 23.3 Å². The molecule has 0 spiro atoms. The number of nitrogens with one attached hydrogen (secondary N) is 1. The number of aromatic nitrogens is 2. The summed E-state index contributed by atoms with van der Waals surface area (Å²) in [4.78, 5) is 0. The second-order valence-electron chi connectivity index (χ2n) is 4.71. The molecule has 0 unspecified atom stereocenters. The van der Waals surface area contributed by atoms with Crippen molar-refractivity contribution in [3.05, 3.63) is 46.6 Å². The molecule has 0 amide bonds. The average Bonchev–Trinajstić information content (AvgIpc) is 2.89. The summed E-state index contributed by atoms with van der Waals surface area (Å²) in [6.07, 6.45) is 3.56. The maximum atomic E-state index is 6.11. The molecule has 1 N–H and O–H groups in total. The number of benzene rings is 1. The molecule has 0 radical (unpaired) electrons. The minimum Gasteiger partial charge on any atom is -0.425 e. The molecule has 0 saturated heterocycles. The van der Waals surface area contributed by atoms with Crippen molar-refractivity contribution in [2.45, 2.75) is 32.6 Å². The molecule has 1 aromatic carbocycles. The van der Waals surface area contributed by atoms with E-state index in [1.54, 1.807) is 0 Å². The van der Waals surface area contributed by atoms with E-state index >= 15 is 0 Å². The van der Waals surface area contributed by atoms with Crippen molar-refractivity contribution >= 4 is 11.6 Å². The van der Waals surface area contributed by atoms with Gasteiger partial charge in [0.05, 0.1) is 6.42 Å². The molecule has 1 heterocycles. The molecule has 0 atom stereocenters. The lowest BCUT2D eigenvalue weighted by Gasteiger charge is -2.00. The van der Waals surface area contributed by atoms with Crippen molar-refractivity contribution in [1.82, 2.24) is 15.5 Å². The van der Waals surface area contributed by atoms with E-state index in [-0.39, 0.29) is 0 Å². The first-order chi connectivity index (χ1) is 9.79. The highest BCUT2D eigenvalue weighted by molar-refractivity contribution is 6.31. The van der Waals surface area contributed by atoms with E-state index in [1.165, 1.54) is 0 Å². The van der Waals surface area contributed by atoms with Gasteiger partial charge in [0.15, 0.2) is 0 Å². The third kappa shape index (κ3) is 4.62. The van der Waals surface area contributed by atoms with Crippen molar-refractivity contribution < 1.29 is 4.42 Å². The zero-order valence-electron chi connectivity index (χ0n) is 11.7. The molecule has 5 heteroatoms. The summed E-state index contributed by atoms with van der Waals surface area (Å²) >= 11 is 6.11. The Labute approximate surface area is 124 Å². The van der Waals surface area contributed by atoms with Crippen molar-refractivity contribution in [3.8, 4) is 0 Å². The molecule has 0 aliphatic heterocycles. The van der Waals surface area contributed by atoms with Gasteiger partial charge in [0.1, 0.15) is 0 Å². The van der Waals surface area contributed by atoms with Gasteiger partial charge in [-0.2, -0.15) is 0 Å². The van der Waals surface area contributed by atoms with Gasteiger partial charge in [-0.15, -0.1) is 10.2 Å². The highest BCUT2D eigenvalue weighted by Gasteiger charge is 2.08. The van der Waals surface area contributed by atoms with Crippen LogP contribution in [0, 0.1) is 0 Å². The zero-order valence-corrected chi connectivity index (χ0v) is 12.5. The quantitative estimate of drug-likeness (QED) is 0.759. The second kappa shape index (κ2) is 8.02. The smallest absolute Gasteiger partial charge is 0.220 e. The number of hydrogen-bond acceptors (Lipinski definition) is 4. The highest BCUT2D eigenvalue weighted by atomic mass is 35.5. The fraction of sp³-hybridized carbons (Fsp3) is 0.467. The monoisotopic (exact) mass is 293 g/mol. The molecular weight excluding hydrogens is 274 g/mol. The molecule has 1 aromatic heterocycles. The van der Waals surface area contributed by atoms with Gasteiger partial charge in [-0.3, -0.25) is 0 Å². The topological polar surface area (TPSA) is 51.0 Å². The molecule has 2 rings (SSSR count). The second-order valence-corrected chi connectivity index (χ2v) is 5.12. The number of aryl methyl sites for hydroxylation is 1. The third-order valence-corrected chi connectivity index (χ3v) is 3.35. The number of halogens is 1. The van der Waals surface area contributed by atoms with Gasteiger partial charge in [0.2, 0.25) is 11.8 Å². The molecule has 0 saturated carbocycles. The summed E-state index contributed by atoms with van der Waals surface area (Å²) in [5.41, 5.74) is 1.01. The maximum Gasteiger partial charge on any atom is 0.220 e. The lowest BCUT2D eigenvalue weighted by atomic mass is 10.1. The molecule has 0 fully saturated rings. The van der Waals surface area contributed by atoms with Gasteiger partial charge in [-0.1, -0.05) is 36.7 Å². The molecule has 108 valence electrons. The third-order valence-electron chi connectivity index (χ3n) is 2.98. The van der Waals surface area contributed by atoms with Gasteiger partial charge in [0, 0.05) is 11.4 Å². The van der Waals surface area contributed by atoms with Crippen molar-refractivity contribution in [2.75, 3.05) is 13.1 Å². The van der Waals surface area contributed by atoms with Crippen LogP contribution in [0.2, 0.25) is 5.02 Å². The normalized spacial score (nSPS) is 10.9. The fourth-order valence-corrected chi connectivity index (χ4v) is 2.13. The Kier molecular flexibility index (Phi) is 6.02. The maximum absolute atomic E-state index is 6.11. The Morgan fingerprint density at radius 3 is 2.75 bits per heavy atom. The van der Waals surface area contributed by atoms with Crippen LogP contribution in [0.5, 0.6) is 0 Å². The number of rotatable bonds is 8. The molecular formula is C15H20ClN3O. The van der Waals surface area contributed by atoms with Crippen LogP contribution >= 0.6 is 11.6 Å². The first-order valence-electron chi connectivity index (χ1n) is 7.05. The molecule has 0 aliphatic carbocycles. The summed E-state index contributed by atoms with van der Waals surface area (Å²) in [7, 11) is 0. The van der Waals surface area contributed by atoms with Crippen LogP contribution in [0.3, 0.4) is 0 Å². The van der Waals surface area contributed by atoms with E-state index in [0.717, 1.165) is 42.9 Å². The molecule has 4 nitrogen and oxygen atoms in total. The minimum atomic E-state index is 0.584. The summed E-state index contributed by atoms with van der Waals surface area (Å²) in [5.74, 6) is 1.32. The van der Waals surface area contributed by atoms with Crippen LogP contribution in [0.15, 0.2) is 28.7 Å². The van der Waals surface area contributed by atoms with Crippen LogP contribution in [0.1, 0.15) is 37.1 Å². The van der Waals surface area contributed by atoms with E-state index in [4.69, 9.17) is 16.0 Å². The Bertz CT molecular complexity index is 527. The molecule has 20 heavy (non-hydrogen) atoms. The lowest BCUT2D eigenvalue weighted by molar-refractivity contribution is 0.449. The molecule has 0 aliphatic rings. The van der Waals surface area contributed by atoms with Gasteiger partial charge in [-0.05, 0) is 37.6 Å². The summed E-state index contributed by atoms with van der Waals surface area (Å²) in [5, 5.41) is 12.2. The van der Waals surface area contributed by atoms with Gasteiger partial charge in [0.25, 0.3) is 0 Å². The summed E-state index contributed by atoms with van der Waals surface area (Å²) in [6, 6.07) is 7.71. The largest absolute Gasteiger partial charge is 0.425 e. The Morgan fingerprint density at radius 2 is 1.95 bits per heavy atom. The Hall–Kier alpha value is -1.39. The summed E-state index contributed by atoms with van der Waals surface area (Å²) in [6.45, 7) is 4.20. The van der Waals surface area contributed by atoms with Crippen LogP contribution in [0.25, 0.3) is 0 Å². The van der Waals surface area contributed by atoms with Crippen LogP contribution in [-0.2, 0) is 12.8 Å². The van der Waals surface area contributed by atoms with Crippen molar-refractivity contribution in [2.24, 2.45) is 0 Å². The predicted molar refractivity (Wildman–Crippen MR) is 80.0 cm³/mol. The predicted octanol–water partition coefficient (Wildman–Crippen LogP) is 3.25.